The first-order valence-corrected chi connectivity index (χ1v) is 14.8. The lowest BCUT2D eigenvalue weighted by Gasteiger charge is -2.45. The van der Waals surface area contributed by atoms with E-state index < -0.39 is 23.4 Å². The number of nitrogens with one attached hydrogen (secondary N) is 1. The third kappa shape index (κ3) is 2.98. The van der Waals surface area contributed by atoms with Crippen molar-refractivity contribution in [1.29, 1.82) is 0 Å². The van der Waals surface area contributed by atoms with E-state index in [1.54, 1.807) is 0 Å². The van der Waals surface area contributed by atoms with Crippen molar-refractivity contribution >= 4 is 35.2 Å². The molecular weight excluding hydrogens is 372 g/mol. The Morgan fingerprint density at radius 2 is 1.22 bits per heavy atom. The van der Waals surface area contributed by atoms with Gasteiger partial charge in [0, 0.05) is 9.49 Å². The highest BCUT2D eigenvalue weighted by Crippen LogP contribution is 2.67. The Balaban J connectivity index is 1.86. The fraction of sp³-hybridized carbons (Fsp3) is 1.00. The summed E-state index contributed by atoms with van der Waals surface area (Å²) >= 11 is 4.69. The SMILES string of the molecule is OP(O)(=S)NP(O)(O)=S(C12CCC(CC1)C2)C12CCC(CC1)C2. The van der Waals surface area contributed by atoms with Crippen LogP contribution in [0.25, 0.3) is 0 Å². The van der Waals surface area contributed by atoms with Crippen molar-refractivity contribution in [2.24, 2.45) is 11.8 Å². The summed E-state index contributed by atoms with van der Waals surface area (Å²) in [5, 5.41) is 0. The molecule has 0 unspecified atom stereocenters. The first kappa shape index (κ1) is 17.6. The van der Waals surface area contributed by atoms with E-state index in [2.05, 4.69) is 4.86 Å². The van der Waals surface area contributed by atoms with Gasteiger partial charge in [0.2, 0.25) is 6.64 Å². The van der Waals surface area contributed by atoms with Crippen LogP contribution in [0.1, 0.15) is 64.2 Å². The van der Waals surface area contributed by atoms with Crippen LogP contribution >= 0.6 is 13.3 Å². The molecule has 0 heterocycles. The molecule has 5 nitrogen and oxygen atoms in total. The Kier molecular flexibility index (Phi) is 4.30. The van der Waals surface area contributed by atoms with Crippen molar-refractivity contribution < 1.29 is 19.6 Å². The molecule has 4 aliphatic carbocycles. The first-order chi connectivity index (χ1) is 10.6. The predicted octanol–water partition coefficient (Wildman–Crippen LogP) is 2.73. The predicted molar refractivity (Wildman–Crippen MR) is 99.2 cm³/mol. The molecule has 4 aliphatic rings. The van der Waals surface area contributed by atoms with Crippen LogP contribution in [0.15, 0.2) is 0 Å². The van der Waals surface area contributed by atoms with Gasteiger partial charge >= 0.3 is 0 Å². The molecule has 0 amide bonds. The molecule has 4 fully saturated rings. The smallest absolute Gasteiger partial charge is 0.263 e. The number of hydrogen-bond donors (Lipinski definition) is 5. The van der Waals surface area contributed by atoms with Crippen LogP contribution in [-0.2, 0) is 21.9 Å². The summed E-state index contributed by atoms with van der Waals surface area (Å²) in [5.74, 6) is 1.46. The second-order valence-corrected chi connectivity index (χ2v) is 17.6. The van der Waals surface area contributed by atoms with Crippen molar-refractivity contribution in [2.45, 2.75) is 73.7 Å². The van der Waals surface area contributed by atoms with Gasteiger partial charge < -0.3 is 19.6 Å². The van der Waals surface area contributed by atoms with E-state index >= 15 is 0 Å². The third-order valence-electron chi connectivity index (χ3n) is 6.69. The lowest BCUT2D eigenvalue weighted by Crippen LogP contribution is -2.44. The zero-order valence-corrected chi connectivity index (χ0v) is 16.6. The van der Waals surface area contributed by atoms with E-state index in [0.29, 0.717) is 0 Å². The number of rotatable bonds is 4. The van der Waals surface area contributed by atoms with E-state index in [-0.39, 0.29) is 9.49 Å². The molecule has 4 bridgehead atoms. The van der Waals surface area contributed by atoms with Gasteiger partial charge in [-0.25, -0.2) is 0 Å². The minimum absolute atomic E-state index is 0.00131. The quantitative estimate of drug-likeness (QED) is 0.467. The summed E-state index contributed by atoms with van der Waals surface area (Å²) in [6, 6.07) is 0. The van der Waals surface area contributed by atoms with E-state index in [4.69, 9.17) is 11.8 Å². The van der Waals surface area contributed by atoms with Gasteiger partial charge in [0.15, 0.2) is 0 Å². The molecule has 9 heteroatoms. The van der Waals surface area contributed by atoms with Crippen molar-refractivity contribution in [3.63, 3.8) is 0 Å². The van der Waals surface area contributed by atoms with Gasteiger partial charge in [-0.3, -0.25) is 0 Å². The van der Waals surface area contributed by atoms with Crippen LogP contribution in [0.3, 0.4) is 0 Å². The molecule has 0 saturated heterocycles. The molecule has 0 aliphatic heterocycles. The fourth-order valence-electron chi connectivity index (χ4n) is 6.03. The molecule has 134 valence electrons. The van der Waals surface area contributed by atoms with Crippen molar-refractivity contribution in [2.75, 3.05) is 0 Å². The van der Waals surface area contributed by atoms with Crippen LogP contribution in [0.5, 0.6) is 0 Å². The average molecular weight is 399 g/mol. The molecule has 4 saturated carbocycles. The van der Waals surface area contributed by atoms with Gasteiger partial charge in [-0.05, 0) is 87.9 Å². The summed E-state index contributed by atoms with van der Waals surface area (Å²) < 4.78 is -0.00262. The topological polar surface area (TPSA) is 93.0 Å². The highest BCUT2D eigenvalue weighted by molar-refractivity contribution is 8.32. The standard InChI is InChI=1S/C14H27NO4P2S2/c16-20(17,22)15-21(18,19)23(13-5-1-11(9-13)2-6-13)14-7-3-12(10-14)4-8-14/h11-12,18-19H,1-10H2,(H3,15,16,17,22). The zero-order valence-electron chi connectivity index (χ0n) is 13.2. The summed E-state index contributed by atoms with van der Waals surface area (Å²) in [6.07, 6.45) is 11.2. The zero-order chi connectivity index (χ0) is 16.5. The molecule has 0 aromatic carbocycles. The van der Waals surface area contributed by atoms with Crippen LogP contribution in [0, 0.1) is 11.8 Å². The third-order valence-corrected chi connectivity index (χ3v) is 17.4. The summed E-state index contributed by atoms with van der Waals surface area (Å²) in [5.41, 5.74) is 0. The molecule has 23 heavy (non-hydrogen) atoms. The van der Waals surface area contributed by atoms with Gasteiger partial charge in [0.25, 0.3) is 6.64 Å². The van der Waals surface area contributed by atoms with Crippen molar-refractivity contribution in [3.8, 4) is 0 Å². The van der Waals surface area contributed by atoms with Gasteiger partial charge in [-0.1, -0.05) is 0 Å². The summed E-state index contributed by atoms with van der Waals surface area (Å²) in [7, 11) is -0.614. The maximum absolute atomic E-state index is 11.1. The normalized spacial score (nSPS) is 44.2. The number of hydrogen-bond acceptors (Lipinski definition) is 1. The van der Waals surface area contributed by atoms with Gasteiger partial charge in [-0.15, -0.1) is 10.1 Å². The Bertz CT molecular complexity index is 580. The molecule has 0 spiro atoms. The van der Waals surface area contributed by atoms with E-state index in [1.165, 1.54) is 25.7 Å². The molecule has 0 radical (unpaired) electrons. The van der Waals surface area contributed by atoms with Crippen LogP contribution in [0.4, 0.5) is 0 Å². The highest BCUT2D eigenvalue weighted by Gasteiger charge is 2.59. The highest BCUT2D eigenvalue weighted by atomic mass is 32.5. The summed E-state index contributed by atoms with van der Waals surface area (Å²) in [6.45, 7) is -7.50. The lowest BCUT2D eigenvalue weighted by molar-refractivity contribution is 0.442. The maximum atomic E-state index is 11.1. The Morgan fingerprint density at radius 1 is 0.826 bits per heavy atom. The van der Waals surface area contributed by atoms with Crippen LogP contribution in [-0.4, -0.2) is 29.1 Å². The van der Waals surface area contributed by atoms with E-state index in [9.17, 15) is 19.6 Å². The molecule has 0 aromatic heterocycles. The molecule has 0 aromatic rings. The van der Waals surface area contributed by atoms with Crippen LogP contribution < -0.4 is 4.86 Å². The van der Waals surface area contributed by atoms with Gasteiger partial charge in [0.1, 0.15) is 0 Å². The molecule has 0 atom stereocenters. The minimum atomic E-state index is -3.84. The fourth-order valence-corrected chi connectivity index (χ4v) is 19.8. The number of fused-ring (bicyclic) bond motifs is 4. The largest absolute Gasteiger partial charge is 0.337 e. The average Bonchev–Trinajstić information content (AvgIpc) is 3.14. The van der Waals surface area contributed by atoms with Crippen LogP contribution in [0.2, 0.25) is 0 Å². The van der Waals surface area contributed by atoms with Crippen molar-refractivity contribution in [1.82, 2.24) is 4.86 Å². The Morgan fingerprint density at radius 3 is 1.48 bits per heavy atom. The van der Waals surface area contributed by atoms with Gasteiger partial charge in [0.05, 0.1) is 0 Å². The van der Waals surface area contributed by atoms with E-state index in [0.717, 1.165) is 50.4 Å². The summed E-state index contributed by atoms with van der Waals surface area (Å²) in [4.78, 5) is 43.9. The second-order valence-electron chi connectivity index (χ2n) is 8.13. The van der Waals surface area contributed by atoms with Crippen molar-refractivity contribution in [3.05, 3.63) is 0 Å². The second kappa shape index (κ2) is 5.61. The molecular formula is C14H27NO4P2S2. The van der Waals surface area contributed by atoms with Gasteiger partial charge in [-0.2, -0.15) is 4.86 Å². The lowest BCUT2D eigenvalue weighted by atomic mass is 9.99. The minimum Gasteiger partial charge on any atom is -0.337 e. The Labute approximate surface area is 145 Å². The molecule has 5 N–H and O–H groups in total. The molecule has 4 rings (SSSR count). The monoisotopic (exact) mass is 399 g/mol. The Hall–Kier alpha value is 1.23. The van der Waals surface area contributed by atoms with E-state index in [1.807, 2.05) is 0 Å². The maximum Gasteiger partial charge on any atom is 0.263 e. The first-order valence-electron chi connectivity index (χ1n) is 8.59.